The lowest BCUT2D eigenvalue weighted by Gasteiger charge is -2.26. The molecular weight excluding hydrogens is 456 g/mol. The second kappa shape index (κ2) is 9.85. The van der Waals surface area contributed by atoms with Gasteiger partial charge in [0, 0.05) is 30.5 Å². The Hall–Kier alpha value is -3.39. The van der Waals surface area contributed by atoms with Crippen molar-refractivity contribution in [2.75, 3.05) is 29.9 Å². The molecule has 1 aliphatic heterocycles. The summed E-state index contributed by atoms with van der Waals surface area (Å²) >= 11 is 0. The maximum atomic E-state index is 12.7. The molecule has 2 amide bonds. The molecule has 1 saturated carbocycles. The van der Waals surface area contributed by atoms with Crippen LogP contribution in [0.5, 0.6) is 0 Å². The quantitative estimate of drug-likeness (QED) is 0.611. The Morgan fingerprint density at radius 1 is 1.18 bits per heavy atom. The third-order valence-electron chi connectivity index (χ3n) is 6.61. The molecular formula is C23H28N6O4S. The number of carbonyl (C=O) groups excluding carboxylic acids is 2. The van der Waals surface area contributed by atoms with Crippen LogP contribution in [0.1, 0.15) is 58.9 Å². The van der Waals surface area contributed by atoms with Crippen molar-refractivity contribution in [2.45, 2.75) is 38.1 Å². The molecule has 4 rings (SSSR count). The molecule has 180 valence electrons. The van der Waals surface area contributed by atoms with Crippen LogP contribution in [0.2, 0.25) is 0 Å². The SMILES string of the molecule is N#CCC(C1CCCC1)n1cc(C(N)=O)c(Nc2ccc(C(=O)N3CCS(=O)(=O)CC3)cc2)n1. The number of benzene rings is 1. The number of nitrogens with one attached hydrogen (secondary N) is 1. The van der Waals surface area contributed by atoms with E-state index in [0.29, 0.717) is 29.4 Å². The largest absolute Gasteiger partial charge is 0.365 e. The van der Waals surface area contributed by atoms with E-state index in [1.54, 1.807) is 35.1 Å². The van der Waals surface area contributed by atoms with Crippen LogP contribution in [0.15, 0.2) is 30.5 Å². The van der Waals surface area contributed by atoms with Crippen molar-refractivity contribution in [3.63, 3.8) is 0 Å². The van der Waals surface area contributed by atoms with Gasteiger partial charge in [-0.3, -0.25) is 14.3 Å². The number of carbonyl (C=O) groups is 2. The predicted molar refractivity (Wildman–Crippen MR) is 126 cm³/mol. The van der Waals surface area contributed by atoms with Crippen molar-refractivity contribution in [1.29, 1.82) is 5.26 Å². The molecule has 10 nitrogen and oxygen atoms in total. The van der Waals surface area contributed by atoms with E-state index < -0.39 is 15.7 Å². The molecule has 1 aromatic heterocycles. The van der Waals surface area contributed by atoms with Gasteiger partial charge in [0.25, 0.3) is 11.8 Å². The molecule has 1 atom stereocenters. The molecule has 3 N–H and O–H groups in total. The summed E-state index contributed by atoms with van der Waals surface area (Å²) in [6.07, 6.45) is 6.21. The Balaban J connectivity index is 1.50. The average Bonchev–Trinajstić information content (AvgIpc) is 3.48. The van der Waals surface area contributed by atoms with Crippen LogP contribution < -0.4 is 11.1 Å². The van der Waals surface area contributed by atoms with Gasteiger partial charge in [-0.2, -0.15) is 10.4 Å². The summed E-state index contributed by atoms with van der Waals surface area (Å²) < 4.78 is 24.9. The first kappa shape index (κ1) is 23.8. The van der Waals surface area contributed by atoms with Crippen LogP contribution in [0, 0.1) is 17.2 Å². The van der Waals surface area contributed by atoms with Gasteiger partial charge >= 0.3 is 0 Å². The Morgan fingerprint density at radius 3 is 2.41 bits per heavy atom. The number of sulfone groups is 1. The van der Waals surface area contributed by atoms with Gasteiger partial charge in [-0.1, -0.05) is 12.8 Å². The fraction of sp³-hybridized carbons (Fsp3) is 0.478. The molecule has 2 fully saturated rings. The number of nitrogens with zero attached hydrogens (tertiary/aromatic N) is 4. The third kappa shape index (κ3) is 5.22. The highest BCUT2D eigenvalue weighted by Gasteiger charge is 2.29. The van der Waals surface area contributed by atoms with Crippen LogP contribution >= 0.6 is 0 Å². The summed E-state index contributed by atoms with van der Waals surface area (Å²) in [7, 11) is -3.07. The predicted octanol–water partition coefficient (Wildman–Crippen LogP) is 2.24. The first-order chi connectivity index (χ1) is 16.3. The lowest BCUT2D eigenvalue weighted by molar-refractivity contribution is 0.0770. The Labute approximate surface area is 198 Å². The molecule has 2 heterocycles. The molecule has 1 aliphatic carbocycles. The minimum Gasteiger partial charge on any atom is -0.365 e. The maximum Gasteiger partial charge on any atom is 0.254 e. The number of hydrogen-bond donors (Lipinski definition) is 2. The molecule has 0 spiro atoms. The van der Waals surface area contributed by atoms with Crippen LogP contribution in [-0.4, -0.2) is 59.5 Å². The highest BCUT2D eigenvalue weighted by Crippen LogP contribution is 2.36. The average molecular weight is 485 g/mol. The Kier molecular flexibility index (Phi) is 6.88. The maximum absolute atomic E-state index is 12.7. The fourth-order valence-corrected chi connectivity index (χ4v) is 5.88. The first-order valence-electron chi connectivity index (χ1n) is 11.4. The molecule has 34 heavy (non-hydrogen) atoms. The summed E-state index contributed by atoms with van der Waals surface area (Å²) in [4.78, 5) is 26.3. The number of primary amides is 1. The molecule has 2 aliphatic rings. The van der Waals surface area contributed by atoms with Gasteiger partial charge in [0.1, 0.15) is 5.56 Å². The molecule has 1 saturated heterocycles. The second-order valence-corrected chi connectivity index (χ2v) is 11.2. The fourth-order valence-electron chi connectivity index (χ4n) is 4.68. The normalized spacial score (nSPS) is 18.9. The zero-order chi connectivity index (χ0) is 24.3. The van der Waals surface area contributed by atoms with E-state index in [2.05, 4.69) is 16.5 Å². The molecule has 1 unspecified atom stereocenters. The first-order valence-corrected chi connectivity index (χ1v) is 13.2. The third-order valence-corrected chi connectivity index (χ3v) is 8.22. The number of rotatable bonds is 7. The van der Waals surface area contributed by atoms with Crippen LogP contribution in [0.4, 0.5) is 11.5 Å². The Bertz CT molecular complexity index is 1200. The van der Waals surface area contributed by atoms with Crippen molar-refractivity contribution in [1.82, 2.24) is 14.7 Å². The van der Waals surface area contributed by atoms with Crippen LogP contribution in [-0.2, 0) is 9.84 Å². The number of nitriles is 1. The zero-order valence-corrected chi connectivity index (χ0v) is 19.6. The van der Waals surface area contributed by atoms with E-state index in [0.717, 1.165) is 25.7 Å². The minimum absolute atomic E-state index is 0.0232. The zero-order valence-electron chi connectivity index (χ0n) is 18.8. The van der Waals surface area contributed by atoms with E-state index in [4.69, 9.17) is 5.73 Å². The van der Waals surface area contributed by atoms with E-state index >= 15 is 0 Å². The van der Waals surface area contributed by atoms with Crippen molar-refractivity contribution >= 4 is 33.2 Å². The highest BCUT2D eigenvalue weighted by atomic mass is 32.2. The second-order valence-electron chi connectivity index (χ2n) is 8.86. The molecule has 0 radical (unpaired) electrons. The highest BCUT2D eigenvalue weighted by molar-refractivity contribution is 7.91. The summed E-state index contributed by atoms with van der Waals surface area (Å²) in [5.41, 5.74) is 6.88. The van der Waals surface area contributed by atoms with E-state index in [1.807, 2.05) is 0 Å². The van der Waals surface area contributed by atoms with Crippen molar-refractivity contribution in [3.05, 3.63) is 41.6 Å². The molecule has 0 bridgehead atoms. The smallest absolute Gasteiger partial charge is 0.254 e. The van der Waals surface area contributed by atoms with Crippen LogP contribution in [0.25, 0.3) is 0 Å². The van der Waals surface area contributed by atoms with Crippen molar-refractivity contribution in [2.24, 2.45) is 11.7 Å². The van der Waals surface area contributed by atoms with Gasteiger partial charge in [0.05, 0.1) is 30.0 Å². The van der Waals surface area contributed by atoms with Gasteiger partial charge in [-0.15, -0.1) is 0 Å². The van der Waals surface area contributed by atoms with Crippen LogP contribution in [0.3, 0.4) is 0 Å². The van der Waals surface area contributed by atoms with Gasteiger partial charge in [-0.25, -0.2) is 8.42 Å². The number of hydrogen-bond acceptors (Lipinski definition) is 7. The standard InChI is InChI=1S/C23H28N6O4S/c24-10-9-20(16-3-1-2-4-16)29-15-19(21(25)30)22(27-29)26-18-7-5-17(6-8-18)23(31)28-11-13-34(32,33)14-12-28/h5-8,15-16,20H,1-4,9,11-14H2,(H2,25,30)(H,26,27). The monoisotopic (exact) mass is 484 g/mol. The van der Waals surface area contributed by atoms with Gasteiger partial charge in [-0.05, 0) is 43.0 Å². The number of aromatic nitrogens is 2. The molecule has 2 aromatic rings. The summed E-state index contributed by atoms with van der Waals surface area (Å²) in [5.74, 6) is -0.256. The van der Waals surface area contributed by atoms with Crippen molar-refractivity contribution < 1.29 is 18.0 Å². The number of amides is 2. The van der Waals surface area contributed by atoms with Crippen molar-refractivity contribution in [3.8, 4) is 6.07 Å². The summed E-state index contributed by atoms with van der Waals surface area (Å²) in [5, 5.41) is 17.0. The van der Waals surface area contributed by atoms with Gasteiger partial charge in [0.15, 0.2) is 15.7 Å². The minimum atomic E-state index is -3.07. The number of nitrogens with two attached hydrogens (primary N) is 1. The van der Waals surface area contributed by atoms with E-state index in [-0.39, 0.29) is 42.1 Å². The molecule has 1 aromatic carbocycles. The Morgan fingerprint density at radius 2 is 1.82 bits per heavy atom. The van der Waals surface area contributed by atoms with E-state index in [9.17, 15) is 23.3 Å². The van der Waals surface area contributed by atoms with E-state index in [1.165, 1.54) is 4.90 Å². The lowest BCUT2D eigenvalue weighted by atomic mass is 9.96. The summed E-state index contributed by atoms with van der Waals surface area (Å²) in [6, 6.07) is 8.80. The lowest BCUT2D eigenvalue weighted by Crippen LogP contribution is -2.43. The molecule has 11 heteroatoms. The van der Waals surface area contributed by atoms with Gasteiger partial charge in [0.2, 0.25) is 0 Å². The van der Waals surface area contributed by atoms with Gasteiger partial charge < -0.3 is 16.0 Å². The number of anilines is 2. The summed E-state index contributed by atoms with van der Waals surface area (Å²) in [6.45, 7) is 0.372. The topological polar surface area (TPSA) is 151 Å².